The predicted octanol–water partition coefficient (Wildman–Crippen LogP) is 5.21. The van der Waals surface area contributed by atoms with E-state index >= 15 is 0 Å². The Bertz CT molecular complexity index is 1290. The van der Waals surface area contributed by atoms with E-state index in [4.69, 9.17) is 4.74 Å². The number of rotatable bonds is 7. The van der Waals surface area contributed by atoms with Crippen LogP contribution in [0.2, 0.25) is 0 Å². The average Bonchev–Trinajstić information content (AvgIpc) is 2.84. The fraction of sp³-hybridized carbons (Fsp3) is 0.148. The van der Waals surface area contributed by atoms with E-state index in [1.807, 2.05) is 60.7 Å². The highest BCUT2D eigenvalue weighted by Gasteiger charge is 2.49. The maximum absolute atomic E-state index is 12.9. The van der Waals surface area contributed by atoms with Crippen LogP contribution in [0.4, 0.5) is 0 Å². The van der Waals surface area contributed by atoms with Crippen LogP contribution in [0.25, 0.3) is 10.8 Å². The highest BCUT2D eigenvalue weighted by Crippen LogP contribution is 2.48. The van der Waals surface area contributed by atoms with Gasteiger partial charge in [0.1, 0.15) is 5.75 Å². The minimum absolute atomic E-state index is 0.0211. The molecule has 3 aromatic carbocycles. The van der Waals surface area contributed by atoms with Crippen molar-refractivity contribution in [2.45, 2.75) is 12.3 Å². The summed E-state index contributed by atoms with van der Waals surface area (Å²) < 4.78 is 5.62. The van der Waals surface area contributed by atoms with Crippen LogP contribution in [0.15, 0.2) is 91.3 Å². The van der Waals surface area contributed by atoms with E-state index in [2.05, 4.69) is 11.1 Å². The van der Waals surface area contributed by atoms with Gasteiger partial charge in [0, 0.05) is 30.3 Å². The molecule has 0 aliphatic carbocycles. The van der Waals surface area contributed by atoms with Gasteiger partial charge in [-0.2, -0.15) is 5.26 Å². The second-order valence-electron chi connectivity index (χ2n) is 7.66. The number of carboxylic acids is 1. The molecule has 0 unspecified atom stereocenters. The number of hydrogen-bond acceptors (Lipinski definition) is 4. The van der Waals surface area contributed by atoms with Crippen molar-refractivity contribution < 1.29 is 14.6 Å². The highest BCUT2D eigenvalue weighted by molar-refractivity contribution is 5.89. The van der Waals surface area contributed by atoms with Crippen molar-refractivity contribution in [3.8, 4) is 11.8 Å². The second-order valence-corrected chi connectivity index (χ2v) is 7.66. The standard InChI is InChI=1S/C27H22N2O3/c1-32-24-12-5-4-10-23(24)25(22-11-6-8-20-7-2-3-9-21(20)22)27(18-28,26(30)31)17-19-13-15-29-16-14-19/h2-16,25H,17H2,1H3,(H,30,31)/t25-,27+/m0/s1. The summed E-state index contributed by atoms with van der Waals surface area (Å²) in [6.07, 6.45) is 3.23. The van der Waals surface area contributed by atoms with Gasteiger partial charge in [0.25, 0.3) is 0 Å². The third-order valence-corrected chi connectivity index (χ3v) is 5.89. The van der Waals surface area contributed by atoms with Crippen LogP contribution >= 0.6 is 0 Å². The number of para-hydroxylation sites is 1. The summed E-state index contributed by atoms with van der Waals surface area (Å²) in [4.78, 5) is 16.9. The van der Waals surface area contributed by atoms with Gasteiger partial charge in [-0.3, -0.25) is 9.78 Å². The number of methoxy groups -OCH3 is 1. The van der Waals surface area contributed by atoms with Crippen molar-refractivity contribution in [3.63, 3.8) is 0 Å². The van der Waals surface area contributed by atoms with Crippen LogP contribution in [-0.2, 0) is 11.2 Å². The van der Waals surface area contributed by atoms with E-state index in [-0.39, 0.29) is 6.42 Å². The Hall–Kier alpha value is -4.17. The second kappa shape index (κ2) is 8.91. The molecular formula is C27H22N2O3. The van der Waals surface area contributed by atoms with Gasteiger partial charge in [0.15, 0.2) is 5.41 Å². The van der Waals surface area contributed by atoms with Crippen LogP contribution in [0, 0.1) is 16.7 Å². The maximum atomic E-state index is 12.9. The number of carbonyl (C=O) groups is 1. The molecule has 0 amide bonds. The molecule has 0 aliphatic heterocycles. The summed E-state index contributed by atoms with van der Waals surface area (Å²) in [5, 5.41) is 22.9. The molecular weight excluding hydrogens is 400 g/mol. The summed E-state index contributed by atoms with van der Waals surface area (Å²) in [7, 11) is 1.55. The van der Waals surface area contributed by atoms with Gasteiger partial charge in [-0.05, 0) is 40.1 Å². The first-order chi connectivity index (χ1) is 15.6. The fourth-order valence-corrected chi connectivity index (χ4v) is 4.38. The number of aliphatic carboxylic acids is 1. The number of benzene rings is 3. The SMILES string of the molecule is COc1ccccc1[C@H](c1cccc2ccccc12)[C@](C#N)(Cc1ccncc1)C(=O)O. The maximum Gasteiger partial charge on any atom is 0.325 e. The van der Waals surface area contributed by atoms with E-state index in [0.29, 0.717) is 11.3 Å². The van der Waals surface area contributed by atoms with E-state index in [1.165, 1.54) is 0 Å². The largest absolute Gasteiger partial charge is 0.496 e. The molecule has 1 heterocycles. The number of carboxylic acid groups (broad SMARTS) is 1. The lowest BCUT2D eigenvalue weighted by Crippen LogP contribution is -2.39. The first-order valence-electron chi connectivity index (χ1n) is 10.2. The first-order valence-corrected chi connectivity index (χ1v) is 10.2. The normalized spacial score (nSPS) is 13.6. The molecule has 0 fully saturated rings. The van der Waals surface area contributed by atoms with Crippen LogP contribution in [0.1, 0.15) is 22.6 Å². The van der Waals surface area contributed by atoms with Crippen molar-refractivity contribution in [2.24, 2.45) is 5.41 Å². The summed E-state index contributed by atoms with van der Waals surface area (Å²) in [6, 6.07) is 26.6. The smallest absolute Gasteiger partial charge is 0.325 e. The Morgan fingerprint density at radius 2 is 1.66 bits per heavy atom. The molecule has 0 saturated heterocycles. The Morgan fingerprint density at radius 3 is 2.38 bits per heavy atom. The summed E-state index contributed by atoms with van der Waals surface area (Å²) in [5.74, 6) is -1.41. The zero-order valence-electron chi connectivity index (χ0n) is 17.6. The van der Waals surface area contributed by atoms with Crippen molar-refractivity contribution in [1.29, 1.82) is 5.26 Å². The molecule has 2 atom stereocenters. The van der Waals surface area contributed by atoms with Gasteiger partial charge in [-0.25, -0.2) is 0 Å². The molecule has 0 saturated carbocycles. The number of ether oxygens (including phenoxy) is 1. The number of hydrogen-bond donors (Lipinski definition) is 1. The average molecular weight is 422 g/mol. The molecule has 0 radical (unpaired) electrons. The molecule has 158 valence electrons. The van der Waals surface area contributed by atoms with E-state index in [0.717, 1.165) is 21.9 Å². The van der Waals surface area contributed by atoms with Gasteiger partial charge < -0.3 is 9.84 Å². The quantitative estimate of drug-likeness (QED) is 0.442. The molecule has 0 spiro atoms. The van der Waals surface area contributed by atoms with E-state index in [9.17, 15) is 15.2 Å². The van der Waals surface area contributed by atoms with Gasteiger partial charge in [0.05, 0.1) is 13.2 Å². The Morgan fingerprint density at radius 1 is 1.00 bits per heavy atom. The van der Waals surface area contributed by atoms with E-state index in [1.54, 1.807) is 37.7 Å². The Balaban J connectivity index is 2.06. The Kier molecular flexibility index (Phi) is 5.87. The molecule has 5 nitrogen and oxygen atoms in total. The lowest BCUT2D eigenvalue weighted by molar-refractivity contribution is -0.146. The molecule has 5 heteroatoms. The lowest BCUT2D eigenvalue weighted by atomic mass is 9.65. The highest BCUT2D eigenvalue weighted by atomic mass is 16.5. The summed E-state index contributed by atoms with van der Waals surface area (Å²) in [6.45, 7) is 0. The fourth-order valence-electron chi connectivity index (χ4n) is 4.38. The number of fused-ring (bicyclic) bond motifs is 1. The van der Waals surface area contributed by atoms with Crippen LogP contribution in [0.5, 0.6) is 5.75 Å². The van der Waals surface area contributed by atoms with Gasteiger partial charge >= 0.3 is 5.97 Å². The van der Waals surface area contributed by atoms with Crippen molar-refractivity contribution >= 4 is 16.7 Å². The zero-order chi connectivity index (χ0) is 22.6. The van der Waals surface area contributed by atoms with Crippen molar-refractivity contribution in [3.05, 3.63) is 108 Å². The molecule has 0 aliphatic rings. The van der Waals surface area contributed by atoms with Crippen LogP contribution in [0.3, 0.4) is 0 Å². The monoisotopic (exact) mass is 422 g/mol. The van der Waals surface area contributed by atoms with Crippen molar-refractivity contribution in [1.82, 2.24) is 4.98 Å². The van der Waals surface area contributed by atoms with E-state index < -0.39 is 17.3 Å². The van der Waals surface area contributed by atoms with Crippen molar-refractivity contribution in [2.75, 3.05) is 7.11 Å². The van der Waals surface area contributed by atoms with Gasteiger partial charge in [0.2, 0.25) is 0 Å². The first kappa shape index (κ1) is 21.1. The number of pyridine rings is 1. The Labute approximate surface area is 186 Å². The minimum Gasteiger partial charge on any atom is -0.496 e. The topological polar surface area (TPSA) is 83.2 Å². The summed E-state index contributed by atoms with van der Waals surface area (Å²) >= 11 is 0. The predicted molar refractivity (Wildman–Crippen MR) is 122 cm³/mol. The third-order valence-electron chi connectivity index (χ3n) is 5.89. The molecule has 1 aromatic heterocycles. The number of nitrogens with zero attached hydrogens (tertiary/aromatic N) is 2. The molecule has 32 heavy (non-hydrogen) atoms. The van der Waals surface area contributed by atoms with Crippen LogP contribution < -0.4 is 4.74 Å². The van der Waals surface area contributed by atoms with Gasteiger partial charge in [-0.15, -0.1) is 0 Å². The third kappa shape index (κ3) is 3.67. The molecule has 1 N–H and O–H groups in total. The molecule has 0 bridgehead atoms. The van der Waals surface area contributed by atoms with Crippen LogP contribution in [-0.4, -0.2) is 23.2 Å². The minimum atomic E-state index is -1.78. The lowest BCUT2D eigenvalue weighted by Gasteiger charge is -2.34. The molecule has 4 rings (SSSR count). The summed E-state index contributed by atoms with van der Waals surface area (Å²) in [5.41, 5.74) is 0.374. The number of aromatic nitrogens is 1. The number of nitriles is 1. The zero-order valence-corrected chi connectivity index (χ0v) is 17.6. The van der Waals surface area contributed by atoms with Gasteiger partial charge in [-0.1, -0.05) is 60.7 Å². The molecule has 4 aromatic rings.